The number of thioether (sulfide) groups is 1. The van der Waals surface area contributed by atoms with E-state index in [0.717, 1.165) is 17.8 Å². The van der Waals surface area contributed by atoms with Crippen LogP contribution in [0, 0.1) is 10.1 Å². The number of fused-ring (bicyclic) bond motifs is 3. The van der Waals surface area contributed by atoms with Gasteiger partial charge >= 0.3 is 5.69 Å². The van der Waals surface area contributed by atoms with Crippen molar-refractivity contribution in [1.82, 2.24) is 14.8 Å². The molecule has 0 atom stereocenters. The van der Waals surface area contributed by atoms with Crippen LogP contribution in [0.15, 0.2) is 41.6 Å². The Hall–Kier alpha value is -3.60. The van der Waals surface area contributed by atoms with Crippen molar-refractivity contribution in [3.63, 3.8) is 0 Å². The van der Waals surface area contributed by atoms with Gasteiger partial charge in [-0.15, -0.1) is 10.2 Å². The highest BCUT2D eigenvalue weighted by molar-refractivity contribution is 7.99. The quantitative estimate of drug-likeness (QED) is 0.257. The Morgan fingerprint density at radius 1 is 1.17 bits per heavy atom. The lowest BCUT2D eigenvalue weighted by Gasteiger charge is -2.34. The van der Waals surface area contributed by atoms with Crippen LogP contribution in [0.3, 0.4) is 0 Å². The lowest BCUT2D eigenvalue weighted by molar-refractivity contribution is -0.385. The second kappa shape index (κ2) is 9.95. The number of nitrogens with one attached hydrogen (secondary N) is 1. The van der Waals surface area contributed by atoms with Crippen molar-refractivity contribution in [1.29, 1.82) is 0 Å². The molecule has 0 spiro atoms. The smallest absolute Gasteiger partial charge is 0.314 e. The lowest BCUT2D eigenvalue weighted by Crippen LogP contribution is -2.33. The molecule has 2 aromatic carbocycles. The maximum Gasteiger partial charge on any atom is 0.314 e. The van der Waals surface area contributed by atoms with Crippen LogP contribution >= 0.6 is 11.8 Å². The molecule has 10 nitrogen and oxygen atoms in total. The predicted octanol–water partition coefficient (Wildman–Crippen LogP) is 4.67. The molecule has 1 N–H and O–H groups in total. The molecule has 35 heavy (non-hydrogen) atoms. The molecule has 184 valence electrons. The molecule has 1 amide bonds. The molecule has 1 aliphatic heterocycles. The number of anilines is 1. The summed E-state index contributed by atoms with van der Waals surface area (Å²) in [4.78, 5) is 23.8. The largest absolute Gasteiger partial charge is 0.491 e. The van der Waals surface area contributed by atoms with Gasteiger partial charge in [0.2, 0.25) is 5.91 Å². The third-order valence-corrected chi connectivity index (χ3v) is 6.51. The van der Waals surface area contributed by atoms with E-state index in [4.69, 9.17) is 9.47 Å². The normalized spacial score (nSPS) is 13.5. The molecular weight excluding hydrogens is 470 g/mol. The van der Waals surface area contributed by atoms with Crippen LogP contribution in [-0.4, -0.2) is 44.6 Å². The van der Waals surface area contributed by atoms with Crippen LogP contribution < -0.4 is 14.8 Å². The first-order valence-corrected chi connectivity index (χ1v) is 12.3. The van der Waals surface area contributed by atoms with Gasteiger partial charge < -0.3 is 14.8 Å². The van der Waals surface area contributed by atoms with Gasteiger partial charge in [-0.1, -0.05) is 36.0 Å². The number of rotatable bonds is 9. The molecule has 0 saturated carbocycles. The molecule has 4 rings (SSSR count). The van der Waals surface area contributed by atoms with Gasteiger partial charge in [0.25, 0.3) is 0 Å². The van der Waals surface area contributed by atoms with Crippen molar-refractivity contribution in [2.24, 2.45) is 0 Å². The highest BCUT2D eigenvalue weighted by Gasteiger charge is 2.34. The minimum Gasteiger partial charge on any atom is -0.491 e. The van der Waals surface area contributed by atoms with Crippen LogP contribution in [0.1, 0.15) is 33.3 Å². The Kier molecular flexibility index (Phi) is 6.97. The lowest BCUT2D eigenvalue weighted by atomic mass is 9.87. The highest BCUT2D eigenvalue weighted by atomic mass is 32.2. The first-order chi connectivity index (χ1) is 16.7. The summed E-state index contributed by atoms with van der Waals surface area (Å²) in [7, 11) is 0. The fourth-order valence-corrected chi connectivity index (χ4v) is 5.07. The van der Waals surface area contributed by atoms with E-state index in [0.29, 0.717) is 10.8 Å². The third-order valence-electron chi connectivity index (χ3n) is 5.58. The van der Waals surface area contributed by atoms with Gasteiger partial charge in [0.15, 0.2) is 16.7 Å². The van der Waals surface area contributed by atoms with Crippen molar-refractivity contribution in [3.8, 4) is 22.9 Å². The Bertz CT molecular complexity index is 1270. The van der Waals surface area contributed by atoms with Crippen LogP contribution in [0.25, 0.3) is 11.4 Å². The van der Waals surface area contributed by atoms with E-state index in [1.165, 1.54) is 29.5 Å². The molecular formula is C24H27N5O5S. The number of nitro groups is 1. The third kappa shape index (κ3) is 4.95. The maximum absolute atomic E-state index is 12.9. The summed E-state index contributed by atoms with van der Waals surface area (Å²) in [6, 6.07) is 10.8. The Balaban J connectivity index is 1.55. The van der Waals surface area contributed by atoms with E-state index in [9.17, 15) is 14.9 Å². The maximum atomic E-state index is 12.9. The van der Waals surface area contributed by atoms with Crippen LogP contribution in [-0.2, 0) is 16.8 Å². The summed E-state index contributed by atoms with van der Waals surface area (Å²) >= 11 is 1.28. The minimum absolute atomic E-state index is 0.0656. The summed E-state index contributed by atoms with van der Waals surface area (Å²) in [5.41, 5.74) is 2.10. The van der Waals surface area contributed by atoms with Gasteiger partial charge in [0.1, 0.15) is 5.75 Å². The van der Waals surface area contributed by atoms with Crippen molar-refractivity contribution in [2.75, 3.05) is 24.3 Å². The minimum atomic E-state index is -0.538. The van der Waals surface area contributed by atoms with E-state index >= 15 is 0 Å². The molecule has 0 fully saturated rings. The molecule has 0 aliphatic carbocycles. The van der Waals surface area contributed by atoms with E-state index in [1.807, 2.05) is 18.2 Å². The number of aromatic nitrogens is 3. The van der Waals surface area contributed by atoms with E-state index < -0.39 is 4.92 Å². The van der Waals surface area contributed by atoms with E-state index in [-0.39, 0.29) is 47.6 Å². The summed E-state index contributed by atoms with van der Waals surface area (Å²) in [6.45, 7) is 8.27. The number of carbonyl (C=O) groups excluding carboxylic acids is 1. The van der Waals surface area contributed by atoms with Gasteiger partial charge in [-0.05, 0) is 39.7 Å². The molecule has 2 heterocycles. The van der Waals surface area contributed by atoms with Gasteiger partial charge in [0, 0.05) is 17.2 Å². The number of nitro benzene ring substituents is 1. The summed E-state index contributed by atoms with van der Waals surface area (Å²) in [6.07, 6.45) is 0.828. The molecule has 0 bridgehead atoms. The predicted molar refractivity (Wildman–Crippen MR) is 133 cm³/mol. The Morgan fingerprint density at radius 3 is 2.60 bits per heavy atom. The molecule has 0 saturated heterocycles. The SMILES string of the molecule is CCOc1cc([N+](=O)[O-])c(OCC)cc1NC(=O)CSc1nnc2n1C(C)(C)Cc1ccccc1-2. The molecule has 1 aromatic heterocycles. The summed E-state index contributed by atoms with van der Waals surface area (Å²) in [5.74, 6) is 0.825. The van der Waals surface area contributed by atoms with Crippen LogP contribution in [0.2, 0.25) is 0 Å². The summed E-state index contributed by atoms with van der Waals surface area (Å²) < 4.78 is 13.0. The number of benzene rings is 2. The molecule has 3 aromatic rings. The zero-order chi connectivity index (χ0) is 25.2. The first-order valence-electron chi connectivity index (χ1n) is 11.3. The number of amides is 1. The number of nitrogens with zero attached hydrogens (tertiary/aromatic N) is 4. The van der Waals surface area contributed by atoms with Crippen LogP contribution in [0.4, 0.5) is 11.4 Å². The van der Waals surface area contributed by atoms with Gasteiger partial charge in [-0.25, -0.2) is 0 Å². The zero-order valence-electron chi connectivity index (χ0n) is 20.0. The Morgan fingerprint density at radius 2 is 1.89 bits per heavy atom. The topological polar surface area (TPSA) is 121 Å². The van der Waals surface area contributed by atoms with Crippen molar-refractivity contribution in [3.05, 3.63) is 52.1 Å². The second-order valence-electron chi connectivity index (χ2n) is 8.56. The van der Waals surface area contributed by atoms with Gasteiger partial charge in [0.05, 0.1) is 35.6 Å². The Labute approximate surface area is 207 Å². The average Bonchev–Trinajstić information content (AvgIpc) is 3.25. The fraction of sp³-hybridized carbons (Fsp3) is 0.375. The molecule has 11 heteroatoms. The highest BCUT2D eigenvalue weighted by Crippen LogP contribution is 2.40. The van der Waals surface area contributed by atoms with Crippen molar-refractivity contribution in [2.45, 2.75) is 44.8 Å². The average molecular weight is 498 g/mol. The van der Waals surface area contributed by atoms with Gasteiger partial charge in [-0.2, -0.15) is 0 Å². The standard InChI is InChI=1S/C24H27N5O5S/c1-5-33-19-12-18(29(31)32)20(34-6-2)11-17(19)25-21(30)14-35-23-27-26-22-16-10-8-7-9-15(16)13-24(3,4)28(22)23/h7-12H,5-6,13-14H2,1-4H3,(H,25,30). The van der Waals surface area contributed by atoms with E-state index in [2.05, 4.69) is 40.0 Å². The molecule has 0 unspecified atom stereocenters. The number of hydrogen-bond acceptors (Lipinski definition) is 8. The number of ether oxygens (including phenoxy) is 2. The monoisotopic (exact) mass is 497 g/mol. The molecule has 1 aliphatic rings. The van der Waals surface area contributed by atoms with Crippen LogP contribution in [0.5, 0.6) is 11.5 Å². The molecule has 0 radical (unpaired) electrons. The first kappa shape index (κ1) is 24.5. The van der Waals surface area contributed by atoms with E-state index in [1.54, 1.807) is 13.8 Å². The van der Waals surface area contributed by atoms with Crippen molar-refractivity contribution >= 4 is 29.0 Å². The fourth-order valence-electron chi connectivity index (χ4n) is 4.17. The number of hydrogen-bond donors (Lipinski definition) is 1. The zero-order valence-corrected chi connectivity index (χ0v) is 20.8. The number of carbonyl (C=O) groups is 1. The second-order valence-corrected chi connectivity index (χ2v) is 9.51. The van der Waals surface area contributed by atoms with Crippen molar-refractivity contribution < 1.29 is 19.2 Å². The van der Waals surface area contributed by atoms with Gasteiger partial charge in [-0.3, -0.25) is 19.5 Å². The summed E-state index contributed by atoms with van der Waals surface area (Å²) in [5, 5.41) is 23.7.